The highest BCUT2D eigenvalue weighted by atomic mass is 19.4. The average molecular weight is 353 g/mol. The number of ether oxygens (including phenoxy) is 2. The van der Waals surface area contributed by atoms with Crippen LogP contribution in [0.15, 0.2) is 42.5 Å². The van der Waals surface area contributed by atoms with Gasteiger partial charge in [0.1, 0.15) is 0 Å². The van der Waals surface area contributed by atoms with Gasteiger partial charge in [0.25, 0.3) is 5.91 Å². The van der Waals surface area contributed by atoms with E-state index in [2.05, 4.69) is 5.32 Å². The Hall–Kier alpha value is -2.70. The number of carbonyl (C=O) groups excluding carboxylic acids is 1. The van der Waals surface area contributed by atoms with Crippen molar-refractivity contribution >= 4 is 5.91 Å². The molecule has 0 fully saturated rings. The van der Waals surface area contributed by atoms with Crippen molar-refractivity contribution in [1.82, 2.24) is 5.32 Å². The van der Waals surface area contributed by atoms with Gasteiger partial charge in [-0.1, -0.05) is 18.2 Å². The molecule has 0 aliphatic rings. The maximum atomic E-state index is 13.0. The van der Waals surface area contributed by atoms with Gasteiger partial charge in [0, 0.05) is 0 Å². The van der Waals surface area contributed by atoms with Crippen molar-refractivity contribution in [2.45, 2.75) is 19.1 Å². The van der Waals surface area contributed by atoms with Crippen LogP contribution in [0.3, 0.4) is 0 Å². The van der Waals surface area contributed by atoms with Crippen LogP contribution in [0.1, 0.15) is 34.5 Å². The van der Waals surface area contributed by atoms with Crippen molar-refractivity contribution in [3.8, 4) is 11.5 Å². The minimum absolute atomic E-state index is 0.415. The lowest BCUT2D eigenvalue weighted by molar-refractivity contribution is -0.137. The third kappa shape index (κ3) is 4.23. The molecule has 0 radical (unpaired) electrons. The van der Waals surface area contributed by atoms with Crippen LogP contribution in [0.2, 0.25) is 0 Å². The Morgan fingerprint density at radius 2 is 1.68 bits per heavy atom. The van der Waals surface area contributed by atoms with Gasteiger partial charge < -0.3 is 14.8 Å². The maximum absolute atomic E-state index is 13.0. The number of hydrogen-bond acceptors (Lipinski definition) is 3. The number of benzene rings is 2. The highest BCUT2D eigenvalue weighted by Crippen LogP contribution is 2.33. The summed E-state index contributed by atoms with van der Waals surface area (Å²) in [5.74, 6) is 0.194. The topological polar surface area (TPSA) is 47.6 Å². The molecule has 0 spiro atoms. The molecule has 0 aliphatic heterocycles. The molecule has 134 valence electrons. The summed E-state index contributed by atoms with van der Waals surface area (Å²) >= 11 is 0. The zero-order valence-electron chi connectivity index (χ0n) is 14.0. The first kappa shape index (κ1) is 18.6. The van der Waals surface area contributed by atoms with Crippen LogP contribution in [0.25, 0.3) is 0 Å². The molecule has 1 amide bonds. The van der Waals surface area contributed by atoms with Crippen molar-refractivity contribution in [2.75, 3.05) is 14.2 Å². The minimum Gasteiger partial charge on any atom is -0.493 e. The normalized spacial score (nSPS) is 12.4. The van der Waals surface area contributed by atoms with E-state index in [1.54, 1.807) is 25.1 Å². The molecule has 1 N–H and O–H groups in total. The molecule has 0 bridgehead atoms. The zero-order valence-corrected chi connectivity index (χ0v) is 14.0. The van der Waals surface area contributed by atoms with E-state index < -0.39 is 29.3 Å². The largest absolute Gasteiger partial charge is 0.493 e. The standard InChI is InChI=1S/C18H18F3NO3/c1-11(12-8-9-15(24-2)16(10-12)25-3)22-17(23)13-6-4-5-7-14(13)18(19,20)21/h4-11H,1-3H3,(H,22,23)/t11-/m0/s1. The predicted molar refractivity (Wildman–Crippen MR) is 86.9 cm³/mol. The van der Waals surface area contributed by atoms with Gasteiger partial charge in [-0.3, -0.25) is 4.79 Å². The SMILES string of the molecule is COc1ccc([C@H](C)NC(=O)c2ccccc2C(F)(F)F)cc1OC. The first-order valence-electron chi connectivity index (χ1n) is 7.47. The summed E-state index contributed by atoms with van der Waals surface area (Å²) in [6.07, 6.45) is -4.60. The molecular formula is C18H18F3NO3. The van der Waals surface area contributed by atoms with E-state index in [0.717, 1.165) is 12.1 Å². The van der Waals surface area contributed by atoms with Gasteiger partial charge in [-0.25, -0.2) is 0 Å². The molecule has 0 unspecified atom stereocenters. The van der Waals surface area contributed by atoms with E-state index in [4.69, 9.17) is 9.47 Å². The Labute approximate surface area is 143 Å². The van der Waals surface area contributed by atoms with Crippen LogP contribution in [0, 0.1) is 0 Å². The van der Waals surface area contributed by atoms with Gasteiger partial charge in [-0.05, 0) is 36.8 Å². The number of amides is 1. The van der Waals surface area contributed by atoms with Crippen LogP contribution in [-0.4, -0.2) is 20.1 Å². The van der Waals surface area contributed by atoms with Crippen molar-refractivity contribution in [1.29, 1.82) is 0 Å². The van der Waals surface area contributed by atoms with Gasteiger partial charge >= 0.3 is 6.18 Å². The summed E-state index contributed by atoms with van der Waals surface area (Å²) < 4.78 is 49.5. The van der Waals surface area contributed by atoms with Crippen LogP contribution < -0.4 is 14.8 Å². The monoisotopic (exact) mass is 353 g/mol. The van der Waals surface area contributed by atoms with E-state index in [9.17, 15) is 18.0 Å². The molecule has 0 aromatic heterocycles. The lowest BCUT2D eigenvalue weighted by Gasteiger charge is -2.18. The minimum atomic E-state index is -4.60. The van der Waals surface area contributed by atoms with Gasteiger partial charge in [0.05, 0.1) is 31.4 Å². The van der Waals surface area contributed by atoms with Crippen LogP contribution in [0.5, 0.6) is 11.5 Å². The Balaban J connectivity index is 2.24. The maximum Gasteiger partial charge on any atom is 0.417 e. The second-order valence-electron chi connectivity index (χ2n) is 5.35. The third-order valence-corrected chi connectivity index (χ3v) is 3.73. The number of alkyl halides is 3. The Bertz CT molecular complexity index is 759. The molecule has 0 aliphatic carbocycles. The van der Waals surface area contributed by atoms with E-state index in [1.165, 1.54) is 26.4 Å². The lowest BCUT2D eigenvalue weighted by atomic mass is 10.0. The highest BCUT2D eigenvalue weighted by molar-refractivity contribution is 5.96. The van der Waals surface area contributed by atoms with Gasteiger partial charge in [-0.15, -0.1) is 0 Å². The number of hydrogen-bond donors (Lipinski definition) is 1. The number of methoxy groups -OCH3 is 2. The molecule has 2 aromatic carbocycles. The second kappa shape index (κ2) is 7.46. The first-order valence-corrected chi connectivity index (χ1v) is 7.47. The molecular weight excluding hydrogens is 335 g/mol. The Morgan fingerprint density at radius 1 is 1.04 bits per heavy atom. The lowest BCUT2D eigenvalue weighted by Crippen LogP contribution is -2.28. The summed E-state index contributed by atoms with van der Waals surface area (Å²) in [4.78, 5) is 12.3. The van der Waals surface area contributed by atoms with Crippen LogP contribution >= 0.6 is 0 Å². The van der Waals surface area contributed by atoms with Crippen molar-refractivity contribution < 1.29 is 27.4 Å². The second-order valence-corrected chi connectivity index (χ2v) is 5.35. The smallest absolute Gasteiger partial charge is 0.417 e. The molecule has 4 nitrogen and oxygen atoms in total. The van der Waals surface area contributed by atoms with E-state index in [1.807, 2.05) is 0 Å². The molecule has 0 saturated carbocycles. The van der Waals surface area contributed by atoms with Crippen molar-refractivity contribution in [3.63, 3.8) is 0 Å². The third-order valence-electron chi connectivity index (χ3n) is 3.73. The van der Waals surface area contributed by atoms with Gasteiger partial charge in [-0.2, -0.15) is 13.2 Å². The highest BCUT2D eigenvalue weighted by Gasteiger charge is 2.35. The zero-order chi connectivity index (χ0) is 18.6. The number of halogens is 3. The van der Waals surface area contributed by atoms with E-state index >= 15 is 0 Å². The van der Waals surface area contributed by atoms with Gasteiger partial charge in [0.2, 0.25) is 0 Å². The van der Waals surface area contributed by atoms with E-state index in [0.29, 0.717) is 17.1 Å². The summed E-state index contributed by atoms with van der Waals surface area (Å²) in [6.45, 7) is 1.68. The van der Waals surface area contributed by atoms with Crippen molar-refractivity contribution in [3.05, 3.63) is 59.2 Å². The summed E-state index contributed by atoms with van der Waals surface area (Å²) in [5.41, 5.74) is -0.704. The fourth-order valence-electron chi connectivity index (χ4n) is 2.41. The number of nitrogens with one attached hydrogen (secondary N) is 1. The molecule has 7 heteroatoms. The van der Waals surface area contributed by atoms with Crippen LogP contribution in [-0.2, 0) is 6.18 Å². The fraction of sp³-hybridized carbons (Fsp3) is 0.278. The fourth-order valence-corrected chi connectivity index (χ4v) is 2.41. The number of rotatable bonds is 5. The van der Waals surface area contributed by atoms with E-state index in [-0.39, 0.29) is 0 Å². The number of carbonyl (C=O) groups is 1. The molecule has 0 saturated heterocycles. The summed E-state index contributed by atoms with van der Waals surface area (Å²) in [5, 5.41) is 2.58. The van der Waals surface area contributed by atoms with Crippen molar-refractivity contribution in [2.24, 2.45) is 0 Å². The molecule has 25 heavy (non-hydrogen) atoms. The Kier molecular flexibility index (Phi) is 5.56. The summed E-state index contributed by atoms with van der Waals surface area (Å²) in [6, 6.07) is 9.20. The molecule has 1 atom stereocenters. The quantitative estimate of drug-likeness (QED) is 0.876. The summed E-state index contributed by atoms with van der Waals surface area (Å²) in [7, 11) is 2.97. The Morgan fingerprint density at radius 3 is 2.28 bits per heavy atom. The van der Waals surface area contributed by atoms with Crippen LogP contribution in [0.4, 0.5) is 13.2 Å². The average Bonchev–Trinajstić information content (AvgIpc) is 2.60. The molecule has 2 rings (SSSR count). The molecule has 0 heterocycles. The first-order chi connectivity index (χ1) is 11.8. The predicted octanol–water partition coefficient (Wildman–Crippen LogP) is 4.21. The van der Waals surface area contributed by atoms with Gasteiger partial charge in [0.15, 0.2) is 11.5 Å². The molecule has 2 aromatic rings.